The minimum absolute atomic E-state index is 0. The Balaban J connectivity index is 0.00000320. The second-order valence-corrected chi connectivity index (χ2v) is 11.2. The molecular weight excluding hydrogens is 498 g/mol. The number of aryl methyl sites for hydroxylation is 1. The van der Waals surface area contributed by atoms with Crippen LogP contribution < -0.4 is 9.62 Å². The summed E-state index contributed by atoms with van der Waals surface area (Å²) in [4.78, 5) is 33.5. The van der Waals surface area contributed by atoms with Crippen LogP contribution in [-0.4, -0.2) is 54.3 Å². The summed E-state index contributed by atoms with van der Waals surface area (Å²) in [5.74, 6) is -0.324. The molecule has 1 atom stereocenters. The molecule has 11 heteroatoms. The van der Waals surface area contributed by atoms with Gasteiger partial charge in [0, 0.05) is 43.0 Å². The number of piperazine rings is 1. The summed E-state index contributed by atoms with van der Waals surface area (Å²) in [6.07, 6.45) is 1.52. The molecule has 9 nitrogen and oxygen atoms in total. The number of para-hydroxylation sites is 1. The van der Waals surface area contributed by atoms with Crippen LogP contribution in [0.3, 0.4) is 0 Å². The first-order chi connectivity index (χ1) is 17.2. The third-order valence-electron chi connectivity index (χ3n) is 6.33. The average Bonchev–Trinajstić information content (AvgIpc) is 3.49. The molecule has 36 heavy (non-hydrogen) atoms. The molecule has 1 aliphatic heterocycles. The number of thiazole rings is 1. The molecule has 1 aliphatic rings. The first-order valence-electron chi connectivity index (χ1n) is 11.4. The Morgan fingerprint density at radius 2 is 1.89 bits per heavy atom. The van der Waals surface area contributed by atoms with Crippen LogP contribution in [0, 0.1) is 6.92 Å². The van der Waals surface area contributed by atoms with Gasteiger partial charge >= 0.3 is 0 Å². The largest absolute Gasteiger partial charge is 0.333 e. The molecule has 0 aliphatic carbocycles. The van der Waals surface area contributed by atoms with Crippen molar-refractivity contribution in [3.05, 3.63) is 71.9 Å². The number of nitrogens with zero attached hydrogens (tertiary/aromatic N) is 4. The summed E-state index contributed by atoms with van der Waals surface area (Å²) in [5.41, 5.74) is 2.56. The zero-order chi connectivity index (χ0) is 25.4. The van der Waals surface area contributed by atoms with Gasteiger partial charge in [0.15, 0.2) is 5.13 Å². The fourth-order valence-corrected chi connectivity index (χ4v) is 6.38. The van der Waals surface area contributed by atoms with Gasteiger partial charge in [0.05, 0.1) is 4.90 Å². The summed E-state index contributed by atoms with van der Waals surface area (Å²) in [6.45, 7) is 4.51. The van der Waals surface area contributed by atoms with Crippen LogP contribution in [0.25, 0.3) is 10.9 Å². The van der Waals surface area contributed by atoms with Crippen molar-refractivity contribution in [2.24, 2.45) is 0 Å². The van der Waals surface area contributed by atoms with E-state index in [0.29, 0.717) is 18.8 Å². The van der Waals surface area contributed by atoms with E-state index in [4.69, 9.17) is 0 Å². The van der Waals surface area contributed by atoms with Crippen LogP contribution in [0.5, 0.6) is 0 Å². The van der Waals surface area contributed by atoms with Crippen LogP contribution in [0.1, 0.15) is 20.1 Å². The van der Waals surface area contributed by atoms with Gasteiger partial charge in [-0.15, -0.1) is 11.3 Å². The number of anilines is 2. The van der Waals surface area contributed by atoms with Crippen molar-refractivity contribution in [2.45, 2.75) is 24.8 Å². The van der Waals surface area contributed by atoms with E-state index in [1.165, 1.54) is 29.7 Å². The van der Waals surface area contributed by atoms with Crippen molar-refractivity contribution >= 4 is 54.9 Å². The summed E-state index contributed by atoms with van der Waals surface area (Å²) >= 11 is 1.19. The maximum atomic E-state index is 13.3. The smallest absolute Gasteiger partial charge is 0.263 e. The van der Waals surface area contributed by atoms with Crippen LogP contribution in [0.15, 0.2) is 71.1 Å². The van der Waals surface area contributed by atoms with Gasteiger partial charge < -0.3 is 14.4 Å². The van der Waals surface area contributed by atoms with E-state index in [-0.39, 0.29) is 29.8 Å². The Hall–Kier alpha value is -3.70. The molecule has 1 saturated heterocycles. The van der Waals surface area contributed by atoms with Gasteiger partial charge in [-0.3, -0.25) is 14.3 Å². The highest BCUT2D eigenvalue weighted by Gasteiger charge is 2.32. The SMILES string of the molecule is Cc1cc2ccccc2n1C(C)C(=O)N1CCN(c2ccc(S(=O)(=O)Nc3nccs3)cc2)C(=O)C1.[HH]. The molecule has 2 amide bonds. The van der Waals surface area contributed by atoms with Gasteiger partial charge in [0.25, 0.3) is 10.0 Å². The van der Waals surface area contributed by atoms with E-state index < -0.39 is 16.1 Å². The van der Waals surface area contributed by atoms with Crippen LogP contribution >= 0.6 is 11.3 Å². The summed E-state index contributed by atoms with van der Waals surface area (Å²) < 4.78 is 29.6. The zero-order valence-corrected chi connectivity index (χ0v) is 21.4. The summed E-state index contributed by atoms with van der Waals surface area (Å²) in [5, 5.41) is 3.04. The molecule has 0 spiro atoms. The van der Waals surface area contributed by atoms with Gasteiger partial charge in [-0.25, -0.2) is 13.4 Å². The number of aromatic nitrogens is 2. The lowest BCUT2D eigenvalue weighted by atomic mass is 10.2. The van der Waals surface area contributed by atoms with Crippen molar-refractivity contribution in [2.75, 3.05) is 29.3 Å². The second kappa shape index (κ2) is 9.40. The Bertz CT molecular complexity index is 1540. The minimum Gasteiger partial charge on any atom is -0.333 e. The molecule has 0 radical (unpaired) electrons. The Kier molecular flexibility index (Phi) is 6.27. The monoisotopic (exact) mass is 525 g/mol. The molecule has 1 unspecified atom stereocenters. The van der Waals surface area contributed by atoms with Gasteiger partial charge in [0.1, 0.15) is 12.6 Å². The van der Waals surface area contributed by atoms with Gasteiger partial charge in [0.2, 0.25) is 11.8 Å². The van der Waals surface area contributed by atoms with Crippen molar-refractivity contribution in [1.29, 1.82) is 0 Å². The zero-order valence-electron chi connectivity index (χ0n) is 19.8. The van der Waals surface area contributed by atoms with Gasteiger partial charge in [-0.1, -0.05) is 18.2 Å². The first kappa shape index (κ1) is 24.0. The van der Waals surface area contributed by atoms with Gasteiger partial charge in [-0.05, 0) is 55.6 Å². The molecule has 2 aromatic heterocycles. The summed E-state index contributed by atoms with van der Waals surface area (Å²) in [6, 6.07) is 15.6. The van der Waals surface area contributed by atoms with E-state index in [1.807, 2.05) is 42.7 Å². The molecule has 0 saturated carbocycles. The standard InChI is InChI=1S/C25H25N5O4S2.H2/c1-17-15-19-5-3-4-6-22(19)30(17)18(2)24(32)28-12-13-29(23(31)16-28)20-7-9-21(10-8-20)36(33,34)27-25-26-11-14-35-25;/h3-11,14-15,18H,12-13,16H2,1-2H3,(H,26,27);1H. The lowest BCUT2D eigenvalue weighted by Crippen LogP contribution is -2.53. The van der Waals surface area contributed by atoms with E-state index in [1.54, 1.807) is 27.3 Å². The molecular formula is C25H27N5O4S2. The summed E-state index contributed by atoms with van der Waals surface area (Å²) in [7, 11) is -3.78. The van der Waals surface area contributed by atoms with Crippen LogP contribution in [-0.2, 0) is 19.6 Å². The Labute approximate surface area is 214 Å². The number of benzene rings is 2. The highest BCUT2D eigenvalue weighted by Crippen LogP contribution is 2.27. The molecule has 0 bridgehead atoms. The molecule has 3 heterocycles. The maximum absolute atomic E-state index is 13.3. The maximum Gasteiger partial charge on any atom is 0.263 e. The Morgan fingerprint density at radius 1 is 1.14 bits per heavy atom. The molecule has 1 fully saturated rings. The second-order valence-electron chi connectivity index (χ2n) is 8.63. The van der Waals surface area contributed by atoms with E-state index in [0.717, 1.165) is 16.6 Å². The number of carbonyl (C=O) groups is 2. The van der Waals surface area contributed by atoms with Crippen molar-refractivity contribution < 1.29 is 19.4 Å². The molecule has 2 aromatic carbocycles. The third kappa shape index (κ3) is 4.47. The average molecular weight is 526 g/mol. The number of carbonyl (C=O) groups excluding carboxylic acids is 2. The first-order valence-corrected chi connectivity index (χ1v) is 13.8. The normalized spacial score (nSPS) is 15.3. The highest BCUT2D eigenvalue weighted by atomic mass is 32.2. The predicted molar refractivity (Wildman–Crippen MR) is 142 cm³/mol. The number of nitrogens with one attached hydrogen (secondary N) is 1. The van der Waals surface area contributed by atoms with Crippen molar-refractivity contribution in [3.63, 3.8) is 0 Å². The number of hydrogen-bond donors (Lipinski definition) is 1. The lowest BCUT2D eigenvalue weighted by molar-refractivity contribution is -0.139. The van der Waals surface area contributed by atoms with Gasteiger partial charge in [-0.2, -0.15) is 0 Å². The van der Waals surface area contributed by atoms with Crippen LogP contribution in [0.4, 0.5) is 10.8 Å². The number of sulfonamides is 1. The third-order valence-corrected chi connectivity index (χ3v) is 8.50. The minimum atomic E-state index is -3.78. The fourth-order valence-electron chi connectivity index (χ4n) is 4.59. The highest BCUT2D eigenvalue weighted by molar-refractivity contribution is 7.93. The molecule has 4 aromatic rings. The van der Waals surface area contributed by atoms with Crippen molar-refractivity contribution in [3.8, 4) is 0 Å². The van der Waals surface area contributed by atoms with Crippen LogP contribution in [0.2, 0.25) is 0 Å². The number of fused-ring (bicyclic) bond motifs is 1. The van der Waals surface area contributed by atoms with Crippen molar-refractivity contribution in [1.82, 2.24) is 14.5 Å². The van der Waals surface area contributed by atoms with E-state index >= 15 is 0 Å². The Morgan fingerprint density at radius 3 is 2.58 bits per heavy atom. The predicted octanol–water partition coefficient (Wildman–Crippen LogP) is 3.89. The quantitative estimate of drug-likeness (QED) is 0.411. The molecule has 1 N–H and O–H groups in total. The van der Waals surface area contributed by atoms with E-state index in [9.17, 15) is 18.0 Å². The topological polar surface area (TPSA) is 105 Å². The fraction of sp³-hybridized carbons (Fsp3) is 0.240. The number of rotatable bonds is 6. The number of amides is 2. The molecule has 5 rings (SSSR count). The number of hydrogen-bond acceptors (Lipinski definition) is 6. The molecule has 188 valence electrons. The lowest BCUT2D eigenvalue weighted by Gasteiger charge is -2.36. The van der Waals surface area contributed by atoms with E-state index in [2.05, 4.69) is 15.8 Å².